The predicted molar refractivity (Wildman–Crippen MR) is 123 cm³/mol. The molecule has 0 radical (unpaired) electrons. The third-order valence-corrected chi connectivity index (χ3v) is 5.22. The zero-order valence-electron chi connectivity index (χ0n) is 17.5. The van der Waals surface area contributed by atoms with Gasteiger partial charge in [-0.2, -0.15) is 11.8 Å². The molecule has 0 saturated heterocycles. The van der Waals surface area contributed by atoms with Crippen LogP contribution in [0.1, 0.15) is 30.8 Å². The number of imidazole rings is 1. The van der Waals surface area contributed by atoms with Gasteiger partial charge in [-0.05, 0) is 61.3 Å². The first-order chi connectivity index (χ1) is 14.6. The number of nitrogens with zero attached hydrogens (tertiary/aromatic N) is 1. The maximum atomic E-state index is 12.6. The number of carbonyl (C=O) groups excluding carboxylic acids is 1. The first kappa shape index (κ1) is 21.8. The molecule has 1 amide bonds. The van der Waals surface area contributed by atoms with Crippen LogP contribution in [0, 0.1) is 0 Å². The molecule has 6 nitrogen and oxygen atoms in total. The number of aromatic nitrogens is 2. The lowest BCUT2D eigenvalue weighted by Crippen LogP contribution is -2.28. The van der Waals surface area contributed by atoms with E-state index in [1.165, 1.54) is 6.08 Å². The highest BCUT2D eigenvalue weighted by Gasteiger charge is 2.17. The van der Waals surface area contributed by atoms with Crippen molar-refractivity contribution >= 4 is 34.8 Å². The summed E-state index contributed by atoms with van der Waals surface area (Å²) in [5.74, 6) is 2.84. The Morgan fingerprint density at radius 3 is 2.83 bits per heavy atom. The van der Waals surface area contributed by atoms with Gasteiger partial charge in [-0.15, -0.1) is 0 Å². The molecule has 2 aromatic carbocycles. The highest BCUT2D eigenvalue weighted by molar-refractivity contribution is 7.98. The van der Waals surface area contributed by atoms with Gasteiger partial charge in [-0.1, -0.05) is 18.2 Å². The monoisotopic (exact) mass is 425 g/mol. The second kappa shape index (κ2) is 10.7. The van der Waals surface area contributed by atoms with Crippen molar-refractivity contribution in [2.75, 3.05) is 25.7 Å². The molecule has 2 N–H and O–H groups in total. The number of thioether (sulfide) groups is 1. The molecule has 0 saturated carbocycles. The Labute approximate surface area is 181 Å². The number of para-hydroxylation sites is 2. The smallest absolute Gasteiger partial charge is 0.244 e. The minimum Gasteiger partial charge on any atom is -0.493 e. The molecule has 1 atom stereocenters. The maximum Gasteiger partial charge on any atom is 0.244 e. The number of fused-ring (bicyclic) bond motifs is 1. The summed E-state index contributed by atoms with van der Waals surface area (Å²) in [5, 5.41) is 3.07. The Morgan fingerprint density at radius 1 is 1.27 bits per heavy atom. The van der Waals surface area contributed by atoms with Crippen LogP contribution in [0.5, 0.6) is 11.5 Å². The second-order valence-corrected chi connectivity index (χ2v) is 7.64. The van der Waals surface area contributed by atoms with Crippen molar-refractivity contribution in [2.24, 2.45) is 0 Å². The fraction of sp³-hybridized carbons (Fsp3) is 0.304. The Bertz CT molecular complexity index is 983. The van der Waals surface area contributed by atoms with Crippen molar-refractivity contribution in [2.45, 2.75) is 19.4 Å². The number of carbonyl (C=O) groups is 1. The van der Waals surface area contributed by atoms with E-state index < -0.39 is 0 Å². The van der Waals surface area contributed by atoms with Gasteiger partial charge >= 0.3 is 0 Å². The summed E-state index contributed by atoms with van der Waals surface area (Å²) in [6.07, 6.45) is 6.13. The van der Waals surface area contributed by atoms with E-state index in [2.05, 4.69) is 21.5 Å². The third kappa shape index (κ3) is 5.57. The number of methoxy groups -OCH3 is 1. The summed E-state index contributed by atoms with van der Waals surface area (Å²) in [6, 6.07) is 13.3. The van der Waals surface area contributed by atoms with Crippen LogP contribution in [0.25, 0.3) is 17.1 Å². The maximum absolute atomic E-state index is 12.6. The molecule has 0 fully saturated rings. The van der Waals surface area contributed by atoms with Gasteiger partial charge in [0.15, 0.2) is 11.5 Å². The van der Waals surface area contributed by atoms with Crippen LogP contribution in [-0.4, -0.2) is 41.6 Å². The number of rotatable bonds is 10. The van der Waals surface area contributed by atoms with E-state index in [0.29, 0.717) is 18.1 Å². The van der Waals surface area contributed by atoms with Crippen LogP contribution in [0.2, 0.25) is 0 Å². The molecule has 1 aromatic heterocycles. The van der Waals surface area contributed by atoms with Gasteiger partial charge in [0.2, 0.25) is 5.91 Å². The van der Waals surface area contributed by atoms with E-state index in [-0.39, 0.29) is 11.9 Å². The largest absolute Gasteiger partial charge is 0.493 e. The summed E-state index contributed by atoms with van der Waals surface area (Å²) < 4.78 is 10.9. The number of amides is 1. The standard InChI is InChI=1S/C23H27N3O3S/c1-4-29-20-11-9-16(15-21(20)28-2)10-12-22(27)24-19(13-14-30-3)23-25-17-7-5-6-8-18(17)26-23/h5-12,15,19H,4,13-14H2,1-3H3,(H,24,27)(H,25,26)/b12-10+. The molecule has 3 rings (SSSR count). The lowest BCUT2D eigenvalue weighted by atomic mass is 10.1. The van der Waals surface area contributed by atoms with Gasteiger partial charge in [0.25, 0.3) is 0 Å². The van der Waals surface area contributed by atoms with E-state index in [9.17, 15) is 4.79 Å². The Hall–Kier alpha value is -2.93. The zero-order chi connectivity index (χ0) is 21.3. The number of hydrogen-bond acceptors (Lipinski definition) is 5. The van der Waals surface area contributed by atoms with Crippen LogP contribution in [0.4, 0.5) is 0 Å². The van der Waals surface area contributed by atoms with Gasteiger partial charge in [0.1, 0.15) is 5.82 Å². The summed E-state index contributed by atoms with van der Waals surface area (Å²) in [6.45, 7) is 2.49. The summed E-state index contributed by atoms with van der Waals surface area (Å²) in [7, 11) is 1.60. The molecule has 158 valence electrons. The number of nitrogens with one attached hydrogen (secondary N) is 2. The van der Waals surface area contributed by atoms with Crippen LogP contribution in [0.3, 0.4) is 0 Å². The zero-order valence-corrected chi connectivity index (χ0v) is 18.3. The minimum atomic E-state index is -0.183. The fourth-order valence-corrected chi connectivity index (χ4v) is 3.58. The molecule has 1 unspecified atom stereocenters. The number of ether oxygens (including phenoxy) is 2. The van der Waals surface area contributed by atoms with Gasteiger partial charge in [0.05, 0.1) is 30.8 Å². The molecule has 0 aliphatic rings. The van der Waals surface area contributed by atoms with Gasteiger partial charge in [0, 0.05) is 6.08 Å². The SMILES string of the molecule is CCOc1ccc(/C=C/C(=O)NC(CCSC)c2nc3ccccc3[nH]2)cc1OC. The van der Waals surface area contributed by atoms with Crippen molar-refractivity contribution in [3.63, 3.8) is 0 Å². The van der Waals surface area contributed by atoms with Gasteiger partial charge in [-0.25, -0.2) is 4.98 Å². The molecule has 0 spiro atoms. The molecule has 3 aromatic rings. The second-order valence-electron chi connectivity index (χ2n) is 6.66. The molecule has 0 aliphatic carbocycles. The normalized spacial score (nSPS) is 12.2. The fourth-order valence-electron chi connectivity index (χ4n) is 3.10. The summed E-state index contributed by atoms with van der Waals surface area (Å²) in [5.41, 5.74) is 2.72. The van der Waals surface area contributed by atoms with E-state index in [0.717, 1.165) is 34.6 Å². The average Bonchev–Trinajstić information content (AvgIpc) is 3.20. The average molecular weight is 426 g/mol. The summed E-state index contributed by atoms with van der Waals surface area (Å²) in [4.78, 5) is 20.6. The van der Waals surface area contributed by atoms with E-state index in [4.69, 9.17) is 9.47 Å². The highest BCUT2D eigenvalue weighted by Crippen LogP contribution is 2.28. The number of hydrogen-bond donors (Lipinski definition) is 2. The lowest BCUT2D eigenvalue weighted by Gasteiger charge is -2.15. The van der Waals surface area contributed by atoms with E-state index in [1.807, 2.05) is 49.4 Å². The van der Waals surface area contributed by atoms with Gasteiger partial charge < -0.3 is 19.8 Å². The first-order valence-electron chi connectivity index (χ1n) is 9.87. The van der Waals surface area contributed by atoms with E-state index in [1.54, 1.807) is 24.9 Å². The molecule has 1 heterocycles. The highest BCUT2D eigenvalue weighted by atomic mass is 32.2. The molecule has 7 heteroatoms. The van der Waals surface area contributed by atoms with Crippen LogP contribution in [0.15, 0.2) is 48.5 Å². The molecule has 0 aliphatic heterocycles. The Kier molecular flexibility index (Phi) is 7.79. The first-order valence-corrected chi connectivity index (χ1v) is 11.3. The Balaban J connectivity index is 1.72. The quantitative estimate of drug-likeness (QED) is 0.465. The molecule has 0 bridgehead atoms. The number of benzene rings is 2. The van der Waals surface area contributed by atoms with Crippen molar-refractivity contribution in [1.82, 2.24) is 15.3 Å². The molecular weight excluding hydrogens is 398 g/mol. The van der Waals surface area contributed by atoms with Crippen LogP contribution in [-0.2, 0) is 4.79 Å². The van der Waals surface area contributed by atoms with E-state index >= 15 is 0 Å². The van der Waals surface area contributed by atoms with Crippen LogP contribution < -0.4 is 14.8 Å². The topological polar surface area (TPSA) is 76.2 Å². The van der Waals surface area contributed by atoms with Gasteiger partial charge in [-0.3, -0.25) is 4.79 Å². The summed E-state index contributed by atoms with van der Waals surface area (Å²) >= 11 is 1.74. The number of H-pyrrole nitrogens is 1. The molecule has 30 heavy (non-hydrogen) atoms. The minimum absolute atomic E-state index is 0.172. The lowest BCUT2D eigenvalue weighted by molar-refractivity contribution is -0.117. The Morgan fingerprint density at radius 2 is 2.10 bits per heavy atom. The number of aromatic amines is 1. The predicted octanol–water partition coefficient (Wildman–Crippen LogP) is 4.59. The van der Waals surface area contributed by atoms with Crippen molar-refractivity contribution in [1.29, 1.82) is 0 Å². The van der Waals surface area contributed by atoms with Crippen molar-refractivity contribution < 1.29 is 14.3 Å². The van der Waals surface area contributed by atoms with Crippen molar-refractivity contribution in [3.05, 3.63) is 59.9 Å². The van der Waals surface area contributed by atoms with Crippen LogP contribution >= 0.6 is 11.8 Å². The third-order valence-electron chi connectivity index (χ3n) is 4.58. The molecular formula is C23H27N3O3S. The van der Waals surface area contributed by atoms with Crippen molar-refractivity contribution in [3.8, 4) is 11.5 Å².